The number of nitrogens with one attached hydrogen (secondary N) is 2. The Morgan fingerprint density at radius 2 is 2.15 bits per heavy atom. The van der Waals surface area contributed by atoms with E-state index in [4.69, 9.17) is 0 Å². The third-order valence-electron chi connectivity index (χ3n) is 3.84. The van der Waals surface area contributed by atoms with Gasteiger partial charge in [-0.25, -0.2) is 18.1 Å². The van der Waals surface area contributed by atoms with Crippen LogP contribution in [0.3, 0.4) is 0 Å². The first-order valence-electron chi connectivity index (χ1n) is 7.05. The normalized spacial score (nSPS) is 20.6. The van der Waals surface area contributed by atoms with Crippen LogP contribution in [0.5, 0.6) is 0 Å². The fourth-order valence-corrected chi connectivity index (χ4v) is 3.24. The van der Waals surface area contributed by atoms with Gasteiger partial charge in [-0.1, -0.05) is 20.8 Å². The standard InChI is InChI=1S/C14H23N3O2S/c1-4-6-15-13-8-12(5-7-16-13)20(18,19)17-10-11-9-14(11,2)3/h5,7-8,11,17H,4,6,9-10H2,1-3H3,(H,15,16). The first kappa shape index (κ1) is 15.3. The summed E-state index contributed by atoms with van der Waals surface area (Å²) in [5, 5.41) is 3.09. The molecular formula is C14H23N3O2S. The smallest absolute Gasteiger partial charge is 0.240 e. The Morgan fingerprint density at radius 3 is 2.75 bits per heavy atom. The molecule has 112 valence electrons. The SMILES string of the molecule is CCCNc1cc(S(=O)(=O)NCC2CC2(C)C)ccn1. The van der Waals surface area contributed by atoms with E-state index in [2.05, 4.69) is 28.9 Å². The van der Waals surface area contributed by atoms with Gasteiger partial charge in [0, 0.05) is 25.4 Å². The number of anilines is 1. The van der Waals surface area contributed by atoms with E-state index in [0.29, 0.717) is 18.3 Å². The fourth-order valence-electron chi connectivity index (χ4n) is 2.15. The van der Waals surface area contributed by atoms with E-state index in [1.165, 1.54) is 12.3 Å². The monoisotopic (exact) mass is 297 g/mol. The minimum atomic E-state index is -3.44. The second kappa shape index (κ2) is 5.69. The molecule has 0 aromatic carbocycles. The maximum absolute atomic E-state index is 12.2. The van der Waals surface area contributed by atoms with Crippen LogP contribution >= 0.6 is 0 Å². The van der Waals surface area contributed by atoms with Gasteiger partial charge >= 0.3 is 0 Å². The average Bonchev–Trinajstić information content (AvgIpc) is 3.02. The number of aromatic nitrogens is 1. The third kappa shape index (κ3) is 3.70. The molecule has 6 heteroatoms. The first-order valence-corrected chi connectivity index (χ1v) is 8.53. The maximum atomic E-state index is 12.2. The molecule has 1 heterocycles. The molecule has 0 amide bonds. The molecule has 1 aliphatic carbocycles. The van der Waals surface area contributed by atoms with Crippen molar-refractivity contribution in [1.29, 1.82) is 0 Å². The summed E-state index contributed by atoms with van der Waals surface area (Å²) in [5.41, 5.74) is 0.272. The molecule has 1 aromatic rings. The Hall–Kier alpha value is -1.14. The number of hydrogen-bond acceptors (Lipinski definition) is 4. The summed E-state index contributed by atoms with van der Waals surface area (Å²) in [4.78, 5) is 4.39. The van der Waals surface area contributed by atoms with Gasteiger partial charge < -0.3 is 5.32 Å². The zero-order valence-electron chi connectivity index (χ0n) is 12.3. The van der Waals surface area contributed by atoms with Crippen molar-refractivity contribution in [3.63, 3.8) is 0 Å². The number of hydrogen-bond donors (Lipinski definition) is 2. The summed E-state index contributed by atoms with van der Waals surface area (Å²) in [6.07, 6.45) is 3.57. The van der Waals surface area contributed by atoms with Crippen LogP contribution in [0, 0.1) is 11.3 Å². The molecule has 0 bridgehead atoms. The van der Waals surface area contributed by atoms with Gasteiger partial charge in [0.25, 0.3) is 0 Å². The highest BCUT2D eigenvalue weighted by atomic mass is 32.2. The minimum Gasteiger partial charge on any atom is -0.370 e. The van der Waals surface area contributed by atoms with Crippen molar-refractivity contribution in [3.05, 3.63) is 18.3 Å². The number of pyridine rings is 1. The topological polar surface area (TPSA) is 71.1 Å². The summed E-state index contributed by atoms with van der Waals surface area (Å²) >= 11 is 0. The highest BCUT2D eigenvalue weighted by Gasteiger charge is 2.45. The van der Waals surface area contributed by atoms with Crippen molar-refractivity contribution in [2.75, 3.05) is 18.4 Å². The van der Waals surface area contributed by atoms with E-state index in [1.54, 1.807) is 6.07 Å². The van der Waals surface area contributed by atoms with E-state index in [-0.39, 0.29) is 10.3 Å². The second-order valence-electron chi connectivity index (χ2n) is 6.05. The highest BCUT2D eigenvalue weighted by Crippen LogP contribution is 2.51. The predicted molar refractivity (Wildman–Crippen MR) is 80.1 cm³/mol. The lowest BCUT2D eigenvalue weighted by atomic mass is 10.1. The zero-order valence-corrected chi connectivity index (χ0v) is 13.1. The second-order valence-corrected chi connectivity index (χ2v) is 7.81. The molecule has 0 spiro atoms. The number of sulfonamides is 1. The summed E-state index contributed by atoms with van der Waals surface area (Å²) < 4.78 is 27.2. The van der Waals surface area contributed by atoms with Crippen LogP contribution in [0.15, 0.2) is 23.2 Å². The largest absolute Gasteiger partial charge is 0.370 e. The van der Waals surface area contributed by atoms with Gasteiger partial charge in [-0.2, -0.15) is 0 Å². The van der Waals surface area contributed by atoms with Crippen LogP contribution < -0.4 is 10.0 Å². The van der Waals surface area contributed by atoms with Gasteiger partial charge in [0.05, 0.1) is 4.90 Å². The molecule has 1 atom stereocenters. The van der Waals surface area contributed by atoms with E-state index in [9.17, 15) is 8.42 Å². The molecule has 2 N–H and O–H groups in total. The van der Waals surface area contributed by atoms with Gasteiger partial charge in [0.1, 0.15) is 5.82 Å². The van der Waals surface area contributed by atoms with E-state index >= 15 is 0 Å². The Bertz CT molecular complexity index is 570. The van der Waals surface area contributed by atoms with E-state index in [0.717, 1.165) is 19.4 Å². The zero-order chi connectivity index (χ0) is 14.8. The number of rotatable bonds is 7. The molecule has 1 aliphatic rings. The molecule has 1 unspecified atom stereocenters. The summed E-state index contributed by atoms with van der Waals surface area (Å²) in [6.45, 7) is 7.65. The van der Waals surface area contributed by atoms with Crippen molar-refractivity contribution in [2.24, 2.45) is 11.3 Å². The number of nitrogens with zero attached hydrogens (tertiary/aromatic N) is 1. The highest BCUT2D eigenvalue weighted by molar-refractivity contribution is 7.89. The lowest BCUT2D eigenvalue weighted by Crippen LogP contribution is -2.27. The van der Waals surface area contributed by atoms with Gasteiger partial charge in [0.2, 0.25) is 10.0 Å². The van der Waals surface area contributed by atoms with Crippen molar-refractivity contribution < 1.29 is 8.42 Å². The van der Waals surface area contributed by atoms with E-state index in [1.807, 2.05) is 6.92 Å². The Balaban J connectivity index is 2.01. The molecule has 0 saturated heterocycles. The molecule has 0 aliphatic heterocycles. The fraction of sp³-hybridized carbons (Fsp3) is 0.643. The van der Waals surface area contributed by atoms with Gasteiger partial charge in [0.15, 0.2) is 0 Å². The summed E-state index contributed by atoms with van der Waals surface area (Å²) in [6, 6.07) is 3.10. The molecule has 20 heavy (non-hydrogen) atoms. The summed E-state index contributed by atoms with van der Waals surface area (Å²) in [7, 11) is -3.44. The van der Waals surface area contributed by atoms with Crippen LogP contribution in [0.2, 0.25) is 0 Å². The maximum Gasteiger partial charge on any atom is 0.240 e. The molecule has 5 nitrogen and oxygen atoms in total. The predicted octanol–water partition coefficient (Wildman–Crippen LogP) is 2.23. The average molecular weight is 297 g/mol. The quantitative estimate of drug-likeness (QED) is 0.809. The minimum absolute atomic E-state index is 0.268. The molecule has 1 aromatic heterocycles. The van der Waals surface area contributed by atoms with Crippen LogP contribution in [0.1, 0.15) is 33.6 Å². The molecule has 2 rings (SSSR count). The molecular weight excluding hydrogens is 274 g/mol. The van der Waals surface area contributed by atoms with Crippen molar-refractivity contribution in [3.8, 4) is 0 Å². The Labute approximate surface area is 121 Å². The molecule has 0 radical (unpaired) electrons. The summed E-state index contributed by atoms with van der Waals surface area (Å²) in [5.74, 6) is 1.04. The Kier molecular flexibility index (Phi) is 4.34. The Morgan fingerprint density at radius 1 is 1.45 bits per heavy atom. The lowest BCUT2D eigenvalue weighted by Gasteiger charge is -2.09. The van der Waals surface area contributed by atoms with Crippen LogP contribution in [-0.2, 0) is 10.0 Å². The van der Waals surface area contributed by atoms with Gasteiger partial charge in [-0.15, -0.1) is 0 Å². The van der Waals surface area contributed by atoms with Crippen molar-refractivity contribution in [1.82, 2.24) is 9.71 Å². The van der Waals surface area contributed by atoms with E-state index < -0.39 is 10.0 Å². The third-order valence-corrected chi connectivity index (χ3v) is 5.26. The van der Waals surface area contributed by atoms with Gasteiger partial charge in [-0.3, -0.25) is 0 Å². The lowest BCUT2D eigenvalue weighted by molar-refractivity contribution is 0.537. The van der Waals surface area contributed by atoms with Crippen LogP contribution in [0.25, 0.3) is 0 Å². The van der Waals surface area contributed by atoms with Crippen molar-refractivity contribution >= 4 is 15.8 Å². The molecule has 1 fully saturated rings. The van der Waals surface area contributed by atoms with Crippen LogP contribution in [-0.4, -0.2) is 26.5 Å². The molecule has 1 saturated carbocycles. The van der Waals surface area contributed by atoms with Gasteiger partial charge in [-0.05, 0) is 30.2 Å². The van der Waals surface area contributed by atoms with Crippen molar-refractivity contribution in [2.45, 2.75) is 38.5 Å². The first-order chi connectivity index (χ1) is 9.35. The van der Waals surface area contributed by atoms with Crippen LogP contribution in [0.4, 0.5) is 5.82 Å².